The summed E-state index contributed by atoms with van der Waals surface area (Å²) in [4.78, 5) is 27.0. The van der Waals surface area contributed by atoms with Gasteiger partial charge in [0.25, 0.3) is 5.56 Å². The van der Waals surface area contributed by atoms with Crippen LogP contribution in [0.2, 0.25) is 5.02 Å². The molecule has 36 heavy (non-hydrogen) atoms. The Kier molecular flexibility index (Phi) is 7.13. The molecule has 8 heteroatoms. The van der Waals surface area contributed by atoms with Crippen LogP contribution in [0.3, 0.4) is 0 Å². The molecule has 4 aromatic rings. The van der Waals surface area contributed by atoms with Gasteiger partial charge < -0.3 is 9.47 Å². The summed E-state index contributed by atoms with van der Waals surface area (Å²) in [6, 6.07) is 13.0. The quantitative estimate of drug-likeness (QED) is 0.328. The third-order valence-corrected chi connectivity index (χ3v) is 6.07. The van der Waals surface area contributed by atoms with Gasteiger partial charge in [0, 0.05) is 29.6 Å². The summed E-state index contributed by atoms with van der Waals surface area (Å²) in [6.45, 7) is 10.1. The van der Waals surface area contributed by atoms with Crippen LogP contribution in [-0.2, 0) is 12.0 Å². The molecule has 0 aliphatic rings. The van der Waals surface area contributed by atoms with Crippen molar-refractivity contribution in [3.63, 3.8) is 0 Å². The van der Waals surface area contributed by atoms with Gasteiger partial charge in [0.1, 0.15) is 23.9 Å². The van der Waals surface area contributed by atoms with Gasteiger partial charge in [0.2, 0.25) is 0 Å². The minimum Gasteiger partial charge on any atom is -0.497 e. The first-order valence-electron chi connectivity index (χ1n) is 11.6. The molecule has 0 saturated carbocycles. The Bertz CT molecular complexity index is 1470. The minimum absolute atomic E-state index is 0.212. The predicted molar refractivity (Wildman–Crippen MR) is 141 cm³/mol. The number of methoxy groups -OCH3 is 1. The smallest absolute Gasteiger partial charge is 0.261 e. The number of pyridine rings is 2. The zero-order valence-electron chi connectivity index (χ0n) is 21.3. The standard InChI is InChI=1S/C28H29ClN4O3/c1-17-12-25(36-16-19-8-7-9-20(13-19)35-6)18(2)26(34)33(17)24-14-23(31-15-21(24)29)22-10-11-30-27(32-22)28(3,4)5/h7-15H,16H2,1-6H3. The number of aromatic nitrogens is 4. The fourth-order valence-corrected chi connectivity index (χ4v) is 3.96. The molecular weight excluding hydrogens is 476 g/mol. The van der Waals surface area contributed by atoms with Gasteiger partial charge in [-0.1, -0.05) is 44.5 Å². The third-order valence-electron chi connectivity index (χ3n) is 5.78. The number of hydrogen-bond donors (Lipinski definition) is 0. The summed E-state index contributed by atoms with van der Waals surface area (Å²) in [7, 11) is 1.62. The number of benzene rings is 1. The van der Waals surface area contributed by atoms with E-state index in [-0.39, 0.29) is 11.0 Å². The van der Waals surface area contributed by atoms with Gasteiger partial charge in [-0.2, -0.15) is 0 Å². The second-order valence-electron chi connectivity index (χ2n) is 9.59. The second-order valence-corrected chi connectivity index (χ2v) is 10.00. The van der Waals surface area contributed by atoms with Crippen molar-refractivity contribution < 1.29 is 9.47 Å². The number of hydrogen-bond acceptors (Lipinski definition) is 6. The summed E-state index contributed by atoms with van der Waals surface area (Å²) in [5, 5.41) is 0.360. The van der Waals surface area contributed by atoms with E-state index in [4.69, 9.17) is 21.1 Å². The largest absolute Gasteiger partial charge is 0.497 e. The first kappa shape index (κ1) is 25.4. The molecule has 7 nitrogen and oxygen atoms in total. The fourth-order valence-electron chi connectivity index (χ4n) is 3.77. The van der Waals surface area contributed by atoms with E-state index in [0.29, 0.717) is 51.5 Å². The molecule has 0 spiro atoms. The fraction of sp³-hybridized carbons (Fsp3) is 0.286. The van der Waals surface area contributed by atoms with Crippen LogP contribution in [0.15, 0.2) is 59.7 Å². The van der Waals surface area contributed by atoms with E-state index in [2.05, 4.69) is 35.7 Å². The van der Waals surface area contributed by atoms with E-state index in [1.54, 1.807) is 43.1 Å². The van der Waals surface area contributed by atoms with Gasteiger partial charge in [0.15, 0.2) is 0 Å². The zero-order valence-corrected chi connectivity index (χ0v) is 22.1. The van der Waals surface area contributed by atoms with E-state index in [1.165, 1.54) is 0 Å². The van der Waals surface area contributed by atoms with Crippen molar-refractivity contribution in [3.8, 4) is 28.6 Å². The maximum atomic E-state index is 13.5. The SMILES string of the molecule is COc1cccc(COc2cc(C)n(-c3cc(-c4ccnc(C(C)(C)C)n4)ncc3Cl)c(=O)c2C)c1. The van der Waals surface area contributed by atoms with Crippen LogP contribution in [0.1, 0.15) is 43.4 Å². The highest BCUT2D eigenvalue weighted by atomic mass is 35.5. The molecule has 0 atom stereocenters. The molecule has 0 aliphatic carbocycles. The Morgan fingerprint density at radius 3 is 2.53 bits per heavy atom. The number of aryl methyl sites for hydroxylation is 1. The molecule has 0 bridgehead atoms. The molecule has 0 unspecified atom stereocenters. The number of nitrogens with zero attached hydrogens (tertiary/aromatic N) is 4. The average Bonchev–Trinajstić information content (AvgIpc) is 2.86. The van der Waals surface area contributed by atoms with E-state index < -0.39 is 0 Å². The average molecular weight is 505 g/mol. The lowest BCUT2D eigenvalue weighted by molar-refractivity contribution is 0.301. The lowest BCUT2D eigenvalue weighted by atomic mass is 9.95. The van der Waals surface area contributed by atoms with Gasteiger partial charge in [0.05, 0.1) is 34.8 Å². The van der Waals surface area contributed by atoms with Crippen LogP contribution in [0.5, 0.6) is 11.5 Å². The molecule has 0 N–H and O–H groups in total. The minimum atomic E-state index is -0.215. The number of ether oxygens (including phenoxy) is 2. The van der Waals surface area contributed by atoms with Gasteiger partial charge in [-0.25, -0.2) is 9.97 Å². The van der Waals surface area contributed by atoms with E-state index in [1.807, 2.05) is 37.3 Å². The highest BCUT2D eigenvalue weighted by molar-refractivity contribution is 6.32. The summed E-state index contributed by atoms with van der Waals surface area (Å²) in [5.41, 5.74) is 3.47. The van der Waals surface area contributed by atoms with Crippen LogP contribution in [0.4, 0.5) is 0 Å². The maximum Gasteiger partial charge on any atom is 0.261 e. The molecule has 3 aromatic heterocycles. The van der Waals surface area contributed by atoms with Crippen LogP contribution >= 0.6 is 11.6 Å². The first-order chi connectivity index (χ1) is 17.1. The highest BCUT2D eigenvalue weighted by Crippen LogP contribution is 2.28. The van der Waals surface area contributed by atoms with E-state index >= 15 is 0 Å². The van der Waals surface area contributed by atoms with Crippen molar-refractivity contribution in [2.24, 2.45) is 0 Å². The normalized spacial score (nSPS) is 11.4. The Morgan fingerprint density at radius 1 is 1.03 bits per heavy atom. The highest BCUT2D eigenvalue weighted by Gasteiger charge is 2.20. The second kappa shape index (κ2) is 10.1. The maximum absolute atomic E-state index is 13.5. The molecule has 0 amide bonds. The zero-order chi connectivity index (χ0) is 26.0. The number of rotatable bonds is 6. The van der Waals surface area contributed by atoms with E-state index in [9.17, 15) is 4.79 Å². The van der Waals surface area contributed by atoms with Crippen LogP contribution < -0.4 is 15.0 Å². The molecule has 0 aliphatic heterocycles. The Labute approximate surface area is 215 Å². The molecule has 1 aromatic carbocycles. The van der Waals surface area contributed by atoms with Gasteiger partial charge in [-0.3, -0.25) is 14.3 Å². The summed E-state index contributed by atoms with van der Waals surface area (Å²) < 4.78 is 12.9. The van der Waals surface area contributed by atoms with Crippen molar-refractivity contribution in [3.05, 3.63) is 92.9 Å². The summed E-state index contributed by atoms with van der Waals surface area (Å²) in [5.74, 6) is 1.98. The summed E-state index contributed by atoms with van der Waals surface area (Å²) >= 11 is 6.53. The molecule has 0 fully saturated rings. The Morgan fingerprint density at radius 2 is 1.81 bits per heavy atom. The Balaban J connectivity index is 1.71. The lowest BCUT2D eigenvalue weighted by Crippen LogP contribution is -2.24. The van der Waals surface area contributed by atoms with Gasteiger partial charge in [-0.05, 0) is 43.7 Å². The van der Waals surface area contributed by atoms with Crippen molar-refractivity contribution in [1.82, 2.24) is 19.5 Å². The van der Waals surface area contributed by atoms with Gasteiger partial charge >= 0.3 is 0 Å². The lowest BCUT2D eigenvalue weighted by Gasteiger charge is -2.18. The van der Waals surface area contributed by atoms with Gasteiger partial charge in [-0.15, -0.1) is 0 Å². The molecule has 186 valence electrons. The molecule has 3 heterocycles. The monoisotopic (exact) mass is 504 g/mol. The molecular formula is C28H29ClN4O3. The van der Waals surface area contributed by atoms with E-state index in [0.717, 1.165) is 11.3 Å². The van der Waals surface area contributed by atoms with Crippen LogP contribution in [0, 0.1) is 13.8 Å². The Hall–Kier alpha value is -3.71. The summed E-state index contributed by atoms with van der Waals surface area (Å²) in [6.07, 6.45) is 3.26. The topological polar surface area (TPSA) is 79.1 Å². The molecule has 0 radical (unpaired) electrons. The number of halogens is 1. The predicted octanol–water partition coefficient (Wildman–Crippen LogP) is 5.84. The van der Waals surface area contributed by atoms with Crippen molar-refractivity contribution >= 4 is 11.6 Å². The third kappa shape index (κ3) is 5.26. The van der Waals surface area contributed by atoms with Crippen LogP contribution in [0.25, 0.3) is 17.1 Å². The van der Waals surface area contributed by atoms with Crippen LogP contribution in [-0.4, -0.2) is 26.6 Å². The molecule has 0 saturated heterocycles. The van der Waals surface area contributed by atoms with Crippen molar-refractivity contribution in [2.45, 2.75) is 46.6 Å². The van der Waals surface area contributed by atoms with Crippen molar-refractivity contribution in [2.75, 3.05) is 7.11 Å². The van der Waals surface area contributed by atoms with Crippen molar-refractivity contribution in [1.29, 1.82) is 0 Å². The first-order valence-corrected chi connectivity index (χ1v) is 11.9. The molecule has 4 rings (SSSR count).